The summed E-state index contributed by atoms with van der Waals surface area (Å²) < 4.78 is 0. The molecule has 36 heavy (non-hydrogen) atoms. The fourth-order valence-corrected chi connectivity index (χ4v) is 6.41. The van der Waals surface area contributed by atoms with Crippen LogP contribution in [0.5, 0.6) is 0 Å². The van der Waals surface area contributed by atoms with Crippen LogP contribution in [0.3, 0.4) is 0 Å². The van der Waals surface area contributed by atoms with Gasteiger partial charge in [0.15, 0.2) is 0 Å². The van der Waals surface area contributed by atoms with Crippen molar-refractivity contribution in [1.82, 2.24) is 4.90 Å². The zero-order valence-electron chi connectivity index (χ0n) is 19.7. The van der Waals surface area contributed by atoms with Crippen LogP contribution in [0.2, 0.25) is 10.0 Å². The van der Waals surface area contributed by atoms with Gasteiger partial charge < -0.3 is 10.0 Å². The minimum atomic E-state index is -1.42. The minimum Gasteiger partial charge on any atom is -0.464 e. The number of benzene rings is 3. The topological polar surface area (TPSA) is 77.9 Å². The summed E-state index contributed by atoms with van der Waals surface area (Å²) >= 11 is 12.7. The summed E-state index contributed by atoms with van der Waals surface area (Å²) in [6, 6.07) is 18.9. The number of fused-ring (bicyclic) bond motifs is 2. The number of halogens is 2. The molecule has 3 aromatic rings. The lowest BCUT2D eigenvalue weighted by Crippen LogP contribution is -2.60. The van der Waals surface area contributed by atoms with Crippen molar-refractivity contribution in [2.75, 3.05) is 11.4 Å². The molecule has 1 spiro atoms. The van der Waals surface area contributed by atoms with Crippen molar-refractivity contribution in [3.8, 4) is 0 Å². The summed E-state index contributed by atoms with van der Waals surface area (Å²) in [5.74, 6) is -1.37. The van der Waals surface area contributed by atoms with E-state index in [0.29, 0.717) is 27.7 Å². The van der Waals surface area contributed by atoms with Crippen LogP contribution in [-0.4, -0.2) is 34.5 Å². The van der Waals surface area contributed by atoms with E-state index in [1.807, 2.05) is 44.2 Å². The summed E-state index contributed by atoms with van der Waals surface area (Å²) in [6.45, 7) is 4.15. The van der Waals surface area contributed by atoms with Crippen molar-refractivity contribution in [3.05, 3.63) is 99.0 Å². The molecular formula is C28H24Cl2N2O4. The van der Waals surface area contributed by atoms with E-state index in [2.05, 4.69) is 0 Å². The Kier molecular flexibility index (Phi) is 6.05. The fraction of sp³-hybridized carbons (Fsp3) is 0.250. The number of rotatable bonds is 3. The third kappa shape index (κ3) is 3.43. The van der Waals surface area contributed by atoms with Crippen molar-refractivity contribution in [2.24, 2.45) is 0 Å². The number of imide groups is 1. The first-order valence-electron chi connectivity index (χ1n) is 11.7. The van der Waals surface area contributed by atoms with Crippen LogP contribution >= 0.6 is 23.2 Å². The molecule has 8 heteroatoms. The molecule has 3 atom stereocenters. The van der Waals surface area contributed by atoms with Crippen LogP contribution < -0.4 is 4.90 Å². The van der Waals surface area contributed by atoms with E-state index in [9.17, 15) is 19.5 Å². The van der Waals surface area contributed by atoms with Crippen molar-refractivity contribution in [1.29, 1.82) is 0 Å². The molecule has 5 rings (SSSR count). The second kappa shape index (κ2) is 8.95. The van der Waals surface area contributed by atoms with Crippen molar-refractivity contribution in [2.45, 2.75) is 37.6 Å². The molecular weight excluding hydrogens is 499 g/mol. The van der Waals surface area contributed by atoms with Gasteiger partial charge in [0.2, 0.25) is 11.8 Å². The normalized spacial score (nSPS) is 23.3. The van der Waals surface area contributed by atoms with Crippen LogP contribution in [-0.2, 0) is 15.0 Å². The predicted octanol–water partition coefficient (Wildman–Crippen LogP) is 6.34. The molecule has 184 valence electrons. The first-order chi connectivity index (χ1) is 17.2. The van der Waals surface area contributed by atoms with Gasteiger partial charge in [0.25, 0.3) is 0 Å². The van der Waals surface area contributed by atoms with Gasteiger partial charge in [-0.3, -0.25) is 9.59 Å². The number of piperidine rings is 1. The van der Waals surface area contributed by atoms with Gasteiger partial charge in [-0.2, -0.15) is 0 Å². The number of likely N-dealkylation sites (tertiary alicyclic amines) is 1. The Morgan fingerprint density at radius 2 is 1.75 bits per heavy atom. The quantitative estimate of drug-likeness (QED) is 0.435. The van der Waals surface area contributed by atoms with Gasteiger partial charge >= 0.3 is 6.09 Å². The van der Waals surface area contributed by atoms with Gasteiger partial charge in [-0.1, -0.05) is 65.7 Å². The summed E-state index contributed by atoms with van der Waals surface area (Å²) in [7, 11) is 0. The van der Waals surface area contributed by atoms with E-state index >= 15 is 0 Å². The molecule has 2 heterocycles. The number of aryl methyl sites for hydroxylation is 1. The van der Waals surface area contributed by atoms with Crippen LogP contribution in [0.4, 0.5) is 10.5 Å². The lowest BCUT2D eigenvalue weighted by Gasteiger charge is -2.52. The molecule has 6 nitrogen and oxygen atoms in total. The highest BCUT2D eigenvalue weighted by Gasteiger charge is 2.66. The maximum Gasteiger partial charge on any atom is 0.418 e. The molecule has 0 aliphatic carbocycles. The van der Waals surface area contributed by atoms with E-state index in [4.69, 9.17) is 23.2 Å². The second-order valence-electron chi connectivity index (χ2n) is 9.20. The van der Waals surface area contributed by atoms with Crippen LogP contribution in [0, 0.1) is 6.92 Å². The number of likely N-dealkylation sites (N-methyl/N-ethyl adjacent to an activating group) is 1. The zero-order chi connectivity index (χ0) is 25.8. The van der Waals surface area contributed by atoms with E-state index < -0.39 is 29.4 Å². The third-order valence-corrected chi connectivity index (χ3v) is 7.93. The average Bonchev–Trinajstić information content (AvgIpc) is 3.08. The number of nitrogens with zero attached hydrogens (tertiary/aromatic N) is 2. The fourth-order valence-electron chi connectivity index (χ4n) is 6.04. The van der Waals surface area contributed by atoms with E-state index in [1.54, 1.807) is 35.2 Å². The van der Waals surface area contributed by atoms with E-state index in [0.717, 1.165) is 16.0 Å². The molecule has 0 bridgehead atoms. The number of hydrogen-bond acceptors (Lipinski definition) is 3. The molecule has 3 amide bonds. The van der Waals surface area contributed by atoms with Crippen LogP contribution in [0.1, 0.15) is 47.6 Å². The number of carboxylic acid groups (broad SMARTS) is 1. The zero-order valence-corrected chi connectivity index (χ0v) is 21.3. The number of carbonyl (C=O) groups excluding carboxylic acids is 2. The highest BCUT2D eigenvalue weighted by Crippen LogP contribution is 2.61. The Hall–Kier alpha value is -3.35. The molecule has 1 fully saturated rings. The molecule has 1 saturated heterocycles. The molecule has 3 aromatic carbocycles. The molecule has 0 unspecified atom stereocenters. The minimum absolute atomic E-state index is 0.0256. The Bertz CT molecular complexity index is 1410. The Morgan fingerprint density at radius 3 is 2.42 bits per heavy atom. The molecule has 0 aromatic heterocycles. The standard InChI is InChI=1S/C28H24Cl2N2O4/c1-3-31-24(33)15-22(17-8-6-9-18(29)13-17)28(25(31)20-10-5-4-7-16(20)2)21-12-11-19(30)14-23(21)32(26(28)34)27(35)36/h4-14,22,25H,3,15H2,1-2H3,(H,35,36)/t22-,25+,28-/m0/s1. The van der Waals surface area contributed by atoms with Gasteiger partial charge in [0.05, 0.1) is 11.7 Å². The lowest BCUT2D eigenvalue weighted by atomic mass is 9.58. The summed E-state index contributed by atoms with van der Waals surface area (Å²) in [5, 5.41) is 11.0. The highest BCUT2D eigenvalue weighted by atomic mass is 35.5. The number of hydrogen-bond donors (Lipinski definition) is 1. The molecule has 2 aliphatic rings. The lowest BCUT2D eigenvalue weighted by molar-refractivity contribution is -0.145. The van der Waals surface area contributed by atoms with Crippen molar-refractivity contribution in [3.63, 3.8) is 0 Å². The smallest absolute Gasteiger partial charge is 0.418 e. The average molecular weight is 523 g/mol. The predicted molar refractivity (Wildman–Crippen MR) is 139 cm³/mol. The first-order valence-corrected chi connectivity index (χ1v) is 12.4. The summed E-state index contributed by atoms with van der Waals surface area (Å²) in [6.07, 6.45) is -1.37. The Morgan fingerprint density at radius 1 is 1.03 bits per heavy atom. The van der Waals surface area contributed by atoms with E-state index in [1.165, 1.54) is 6.07 Å². The maximum atomic E-state index is 14.6. The third-order valence-electron chi connectivity index (χ3n) is 7.46. The van der Waals surface area contributed by atoms with Gasteiger partial charge in [0, 0.05) is 28.9 Å². The first kappa shape index (κ1) is 24.3. The Balaban J connectivity index is 1.93. The van der Waals surface area contributed by atoms with Crippen LogP contribution in [0.25, 0.3) is 0 Å². The molecule has 0 radical (unpaired) electrons. The SMILES string of the molecule is CCN1C(=O)C[C@@H](c2cccc(Cl)c2)[C@]2(C(=O)N(C(=O)O)c3cc(Cl)ccc32)[C@H]1c1ccccc1C. The van der Waals surface area contributed by atoms with Gasteiger partial charge in [-0.15, -0.1) is 0 Å². The summed E-state index contributed by atoms with van der Waals surface area (Å²) in [5.41, 5.74) is 1.73. The molecule has 0 saturated carbocycles. The second-order valence-corrected chi connectivity index (χ2v) is 10.1. The van der Waals surface area contributed by atoms with Gasteiger partial charge in [-0.25, -0.2) is 9.69 Å². The molecule has 1 N–H and O–H groups in total. The van der Waals surface area contributed by atoms with Gasteiger partial charge in [-0.05, 0) is 60.4 Å². The van der Waals surface area contributed by atoms with Crippen molar-refractivity contribution >= 4 is 46.8 Å². The monoisotopic (exact) mass is 522 g/mol. The number of anilines is 1. The maximum absolute atomic E-state index is 14.6. The molecule has 2 aliphatic heterocycles. The summed E-state index contributed by atoms with van der Waals surface area (Å²) in [4.78, 5) is 43.2. The van der Waals surface area contributed by atoms with Gasteiger partial charge in [0.1, 0.15) is 5.41 Å². The largest absolute Gasteiger partial charge is 0.464 e. The van der Waals surface area contributed by atoms with E-state index in [-0.39, 0.29) is 18.0 Å². The Labute approximate surface area is 219 Å². The number of carbonyl (C=O) groups is 3. The van der Waals surface area contributed by atoms with Crippen molar-refractivity contribution < 1.29 is 19.5 Å². The highest BCUT2D eigenvalue weighted by molar-refractivity contribution is 6.32. The number of amides is 3. The van der Waals surface area contributed by atoms with Crippen LogP contribution in [0.15, 0.2) is 66.7 Å².